The fourth-order valence-corrected chi connectivity index (χ4v) is 0.749. The number of carboxylic acid groups (broad SMARTS) is 1. The van der Waals surface area contributed by atoms with Crippen molar-refractivity contribution in [2.45, 2.75) is 4.87 Å². The van der Waals surface area contributed by atoms with Crippen LogP contribution in [-0.4, -0.2) is 48.1 Å². The Labute approximate surface area is 89.6 Å². The number of rotatable bonds is 5. The first-order valence-corrected chi connectivity index (χ1v) is 3.90. The minimum absolute atomic E-state index is 0.484. The maximum atomic E-state index is 11.2. The average molecular weight is 238 g/mol. The van der Waals surface area contributed by atoms with Crippen LogP contribution in [0.1, 0.15) is 0 Å². The molecule has 1 N–H and O–H groups in total. The molecular weight excluding hydrogens is 230 g/mol. The average Bonchev–Trinajstić information content (AvgIpc) is 2.22. The Kier molecular flexibility index (Phi) is 4.72. The lowest BCUT2D eigenvalue weighted by molar-refractivity contribution is -0.156. The van der Waals surface area contributed by atoms with Gasteiger partial charge in [0.1, 0.15) is 13.3 Å². The van der Waals surface area contributed by atoms with Gasteiger partial charge >= 0.3 is 16.8 Å². The van der Waals surface area contributed by atoms with Crippen LogP contribution in [0.5, 0.6) is 0 Å². The molecular formula is C7H8ClNO6. The lowest BCUT2D eigenvalue weighted by Gasteiger charge is -2.14. The molecule has 0 aromatic rings. The third-order valence-corrected chi connectivity index (χ3v) is 1.88. The van der Waals surface area contributed by atoms with Gasteiger partial charge in [0, 0.05) is 0 Å². The van der Waals surface area contributed by atoms with E-state index in [1.54, 1.807) is 0 Å². The number of ketones is 1. The van der Waals surface area contributed by atoms with Gasteiger partial charge in [0.05, 0.1) is 7.11 Å². The molecule has 7 nitrogen and oxygen atoms in total. The van der Waals surface area contributed by atoms with Gasteiger partial charge in [-0.05, 0) is 0 Å². The van der Waals surface area contributed by atoms with Crippen molar-refractivity contribution < 1.29 is 29.1 Å². The summed E-state index contributed by atoms with van der Waals surface area (Å²) in [5.74, 6) is -4.50. The highest BCUT2D eigenvalue weighted by Crippen LogP contribution is 2.18. The molecule has 0 spiro atoms. The number of methoxy groups -OCH3 is 1. The Hall–Kier alpha value is -1.63. The van der Waals surface area contributed by atoms with Crippen LogP contribution in [0.4, 0.5) is 0 Å². The third-order valence-electron chi connectivity index (χ3n) is 1.38. The van der Waals surface area contributed by atoms with Gasteiger partial charge in [0.15, 0.2) is 0 Å². The minimum atomic E-state index is -2.82. The SMILES string of the molecule is CON=CC(=O)C(Cl)(C(=O)O)C(=O)OC. The highest BCUT2D eigenvalue weighted by Gasteiger charge is 2.52. The largest absolute Gasteiger partial charge is 0.479 e. The predicted octanol–water partition coefficient (Wildman–Crippen LogP) is -0.577. The van der Waals surface area contributed by atoms with Crippen molar-refractivity contribution in [3.8, 4) is 0 Å². The van der Waals surface area contributed by atoms with E-state index in [1.807, 2.05) is 0 Å². The van der Waals surface area contributed by atoms with Crippen LogP contribution in [0.15, 0.2) is 5.16 Å². The number of nitrogens with zero attached hydrogens (tertiary/aromatic N) is 1. The van der Waals surface area contributed by atoms with E-state index in [9.17, 15) is 14.4 Å². The molecule has 84 valence electrons. The number of esters is 1. The molecule has 0 aliphatic rings. The molecule has 0 bridgehead atoms. The quantitative estimate of drug-likeness (QED) is 0.226. The van der Waals surface area contributed by atoms with E-state index in [2.05, 4.69) is 14.7 Å². The Morgan fingerprint density at radius 3 is 2.27 bits per heavy atom. The van der Waals surface area contributed by atoms with Gasteiger partial charge in [-0.15, -0.1) is 0 Å². The summed E-state index contributed by atoms with van der Waals surface area (Å²) in [6.45, 7) is 0. The first-order chi connectivity index (χ1) is 6.91. The highest BCUT2D eigenvalue weighted by atomic mass is 35.5. The van der Waals surface area contributed by atoms with Crippen molar-refractivity contribution in [2.75, 3.05) is 14.2 Å². The van der Waals surface area contributed by atoms with Crippen LogP contribution in [0, 0.1) is 0 Å². The number of carbonyl (C=O) groups excluding carboxylic acids is 2. The highest BCUT2D eigenvalue weighted by molar-refractivity contribution is 6.63. The Morgan fingerprint density at radius 2 is 1.93 bits per heavy atom. The number of oxime groups is 1. The summed E-state index contributed by atoms with van der Waals surface area (Å²) in [5, 5.41) is 11.7. The van der Waals surface area contributed by atoms with E-state index in [-0.39, 0.29) is 0 Å². The molecule has 0 saturated carbocycles. The molecule has 0 amide bonds. The maximum Gasteiger partial charge on any atom is 0.346 e. The molecule has 0 aliphatic carbocycles. The molecule has 0 aliphatic heterocycles. The van der Waals surface area contributed by atoms with Crippen molar-refractivity contribution in [1.82, 2.24) is 0 Å². The molecule has 0 heterocycles. The number of Topliss-reactive ketones (excluding diaryl/α,β-unsaturated/α-hetero) is 1. The zero-order valence-electron chi connectivity index (χ0n) is 7.89. The third kappa shape index (κ3) is 2.66. The number of halogens is 1. The Balaban J connectivity index is 5.13. The van der Waals surface area contributed by atoms with Crippen LogP contribution in [0.25, 0.3) is 0 Å². The molecule has 15 heavy (non-hydrogen) atoms. The van der Waals surface area contributed by atoms with Gasteiger partial charge < -0.3 is 14.7 Å². The zero-order chi connectivity index (χ0) is 12.1. The van der Waals surface area contributed by atoms with Gasteiger partial charge in [-0.1, -0.05) is 16.8 Å². The second kappa shape index (κ2) is 5.30. The fourth-order valence-electron chi connectivity index (χ4n) is 0.623. The predicted molar refractivity (Wildman–Crippen MR) is 48.7 cm³/mol. The second-order valence-electron chi connectivity index (χ2n) is 2.24. The molecule has 0 saturated heterocycles. The molecule has 0 aromatic heterocycles. The van der Waals surface area contributed by atoms with Gasteiger partial charge in [0.25, 0.3) is 0 Å². The lowest BCUT2D eigenvalue weighted by atomic mass is 10.0. The summed E-state index contributed by atoms with van der Waals surface area (Å²) in [6, 6.07) is 0. The van der Waals surface area contributed by atoms with Gasteiger partial charge in [0.2, 0.25) is 5.78 Å². The number of carboxylic acids is 1. The Bertz CT molecular complexity index is 315. The number of carbonyl (C=O) groups is 3. The smallest absolute Gasteiger partial charge is 0.346 e. The lowest BCUT2D eigenvalue weighted by Crippen LogP contribution is -2.49. The first kappa shape index (κ1) is 13.4. The van der Waals surface area contributed by atoms with Gasteiger partial charge in [-0.2, -0.15) is 0 Å². The van der Waals surface area contributed by atoms with Crippen molar-refractivity contribution in [2.24, 2.45) is 5.16 Å². The summed E-state index contributed by atoms with van der Waals surface area (Å²) in [5.41, 5.74) is 0. The Morgan fingerprint density at radius 1 is 1.40 bits per heavy atom. The molecule has 8 heteroatoms. The minimum Gasteiger partial charge on any atom is -0.479 e. The monoisotopic (exact) mass is 237 g/mol. The van der Waals surface area contributed by atoms with Crippen LogP contribution >= 0.6 is 11.6 Å². The summed E-state index contributed by atoms with van der Waals surface area (Å²) in [4.78, 5) is 34.2. The van der Waals surface area contributed by atoms with E-state index in [0.29, 0.717) is 6.21 Å². The van der Waals surface area contributed by atoms with Crippen LogP contribution in [-0.2, 0) is 24.0 Å². The number of aliphatic carboxylic acids is 1. The summed E-state index contributed by atoms with van der Waals surface area (Å²) in [6.07, 6.45) is 0.484. The summed E-state index contributed by atoms with van der Waals surface area (Å²) >= 11 is 5.34. The molecule has 0 radical (unpaired) electrons. The van der Waals surface area contributed by atoms with Gasteiger partial charge in [-0.3, -0.25) is 4.79 Å². The summed E-state index contributed by atoms with van der Waals surface area (Å²) < 4.78 is 4.10. The molecule has 1 atom stereocenters. The van der Waals surface area contributed by atoms with Gasteiger partial charge in [-0.25, -0.2) is 9.59 Å². The van der Waals surface area contributed by atoms with E-state index in [0.717, 1.165) is 14.2 Å². The normalized spacial score (nSPS) is 14.3. The van der Waals surface area contributed by atoms with Crippen LogP contribution < -0.4 is 0 Å². The number of alkyl halides is 1. The zero-order valence-corrected chi connectivity index (χ0v) is 8.65. The standard InChI is InChI=1S/C7H8ClNO6/c1-14-6(13)7(8,5(11)12)4(10)3-9-15-2/h3H,1-2H3,(H,11,12). The van der Waals surface area contributed by atoms with Crippen molar-refractivity contribution >= 4 is 35.5 Å². The van der Waals surface area contributed by atoms with Crippen molar-refractivity contribution in [3.63, 3.8) is 0 Å². The fraction of sp³-hybridized carbons (Fsp3) is 0.429. The summed E-state index contributed by atoms with van der Waals surface area (Å²) in [7, 11) is 2.04. The maximum absolute atomic E-state index is 11.2. The van der Waals surface area contributed by atoms with E-state index in [4.69, 9.17) is 16.7 Å². The molecule has 0 rings (SSSR count). The van der Waals surface area contributed by atoms with Crippen molar-refractivity contribution in [1.29, 1.82) is 0 Å². The van der Waals surface area contributed by atoms with Crippen LogP contribution in [0.3, 0.4) is 0 Å². The molecule has 1 unspecified atom stereocenters. The van der Waals surface area contributed by atoms with Crippen molar-refractivity contribution in [3.05, 3.63) is 0 Å². The topological polar surface area (TPSA) is 102 Å². The number of ether oxygens (including phenoxy) is 1. The molecule has 0 aromatic carbocycles. The van der Waals surface area contributed by atoms with E-state index in [1.165, 1.54) is 0 Å². The first-order valence-electron chi connectivity index (χ1n) is 3.53. The second-order valence-corrected chi connectivity index (χ2v) is 2.80. The molecule has 0 fully saturated rings. The number of hydrogen-bond acceptors (Lipinski definition) is 6. The van der Waals surface area contributed by atoms with E-state index < -0.39 is 22.6 Å². The number of hydrogen-bond donors (Lipinski definition) is 1. The van der Waals surface area contributed by atoms with E-state index >= 15 is 0 Å². The van der Waals surface area contributed by atoms with Crippen LogP contribution in [0.2, 0.25) is 0 Å².